The van der Waals surface area contributed by atoms with E-state index in [0.717, 1.165) is 15.6 Å². The first kappa shape index (κ1) is 14.3. The molecule has 2 aromatic rings. The molecule has 1 aromatic heterocycles. The standard InChI is InChI=1S/C13H13BrN4O2/c1-7-5-9(6-8(2)11(7)14)20-13-10(12(15)18-19)3-4-16-17-13/h3-6,19H,1-2H3,(H2,15,18). The predicted molar refractivity (Wildman–Crippen MR) is 78.2 cm³/mol. The van der Waals surface area contributed by atoms with E-state index >= 15 is 0 Å². The van der Waals surface area contributed by atoms with Crippen molar-refractivity contribution < 1.29 is 9.94 Å². The van der Waals surface area contributed by atoms with Gasteiger partial charge < -0.3 is 15.7 Å². The molecule has 0 atom stereocenters. The van der Waals surface area contributed by atoms with Gasteiger partial charge in [-0.2, -0.15) is 5.10 Å². The Morgan fingerprint density at radius 3 is 2.60 bits per heavy atom. The van der Waals surface area contributed by atoms with Gasteiger partial charge in [-0.3, -0.25) is 0 Å². The smallest absolute Gasteiger partial charge is 0.250 e. The fraction of sp³-hybridized carbons (Fsp3) is 0.154. The Bertz CT molecular complexity index is 650. The lowest BCUT2D eigenvalue weighted by molar-refractivity contribution is 0.318. The van der Waals surface area contributed by atoms with Crippen LogP contribution < -0.4 is 10.5 Å². The lowest BCUT2D eigenvalue weighted by atomic mass is 10.1. The van der Waals surface area contributed by atoms with Gasteiger partial charge in [-0.05, 0) is 43.2 Å². The second-order valence-electron chi connectivity index (χ2n) is 4.21. The molecule has 0 spiro atoms. The van der Waals surface area contributed by atoms with Gasteiger partial charge in [0.05, 0.1) is 11.8 Å². The van der Waals surface area contributed by atoms with Gasteiger partial charge in [-0.15, -0.1) is 5.10 Å². The molecule has 1 heterocycles. The first-order valence-corrected chi connectivity index (χ1v) is 6.56. The van der Waals surface area contributed by atoms with Crippen molar-refractivity contribution in [1.82, 2.24) is 10.2 Å². The molecule has 3 N–H and O–H groups in total. The molecule has 2 rings (SSSR count). The molecule has 0 aliphatic rings. The third-order valence-electron chi connectivity index (χ3n) is 2.70. The van der Waals surface area contributed by atoms with Gasteiger partial charge in [0.2, 0.25) is 5.88 Å². The molecule has 104 valence electrons. The number of nitrogens with zero attached hydrogens (tertiary/aromatic N) is 3. The van der Waals surface area contributed by atoms with Gasteiger partial charge in [-0.1, -0.05) is 21.1 Å². The number of rotatable bonds is 3. The highest BCUT2D eigenvalue weighted by Gasteiger charge is 2.12. The number of benzene rings is 1. The third-order valence-corrected chi connectivity index (χ3v) is 3.95. The zero-order valence-corrected chi connectivity index (χ0v) is 12.5. The van der Waals surface area contributed by atoms with Crippen molar-refractivity contribution in [3.8, 4) is 11.6 Å². The van der Waals surface area contributed by atoms with Crippen LogP contribution in [0.5, 0.6) is 11.6 Å². The van der Waals surface area contributed by atoms with E-state index in [1.165, 1.54) is 6.20 Å². The van der Waals surface area contributed by atoms with Gasteiger partial charge in [0.1, 0.15) is 5.75 Å². The summed E-state index contributed by atoms with van der Waals surface area (Å²) in [6.45, 7) is 3.93. The molecule has 0 unspecified atom stereocenters. The van der Waals surface area contributed by atoms with Crippen molar-refractivity contribution in [3.05, 3.63) is 45.6 Å². The molecule has 0 bridgehead atoms. The Balaban J connectivity index is 2.41. The second kappa shape index (κ2) is 5.87. The fourth-order valence-corrected chi connectivity index (χ4v) is 1.95. The molecule has 6 nitrogen and oxygen atoms in total. The Morgan fingerprint density at radius 2 is 2.00 bits per heavy atom. The number of nitrogens with two attached hydrogens (primary N) is 1. The van der Waals surface area contributed by atoms with Crippen LogP contribution in [-0.4, -0.2) is 21.2 Å². The lowest BCUT2D eigenvalue weighted by Gasteiger charge is -2.10. The minimum Gasteiger partial charge on any atom is -0.437 e. The summed E-state index contributed by atoms with van der Waals surface area (Å²) in [4.78, 5) is 0. The fourth-order valence-electron chi connectivity index (χ4n) is 1.72. The van der Waals surface area contributed by atoms with Crippen LogP contribution in [0.1, 0.15) is 16.7 Å². The maximum absolute atomic E-state index is 8.76. The maximum atomic E-state index is 8.76. The molecule has 0 fully saturated rings. The molecular weight excluding hydrogens is 324 g/mol. The number of aryl methyl sites for hydroxylation is 2. The molecule has 0 amide bonds. The quantitative estimate of drug-likeness (QED) is 0.389. The van der Waals surface area contributed by atoms with E-state index in [2.05, 4.69) is 31.3 Å². The zero-order chi connectivity index (χ0) is 14.7. The number of amidine groups is 1. The van der Waals surface area contributed by atoms with Crippen LogP contribution in [0, 0.1) is 13.8 Å². The highest BCUT2D eigenvalue weighted by Crippen LogP contribution is 2.29. The molecule has 7 heteroatoms. The largest absolute Gasteiger partial charge is 0.437 e. The number of hydrogen-bond acceptors (Lipinski definition) is 5. The van der Waals surface area contributed by atoms with Crippen molar-refractivity contribution in [2.45, 2.75) is 13.8 Å². The summed E-state index contributed by atoms with van der Waals surface area (Å²) in [5.74, 6) is 0.708. The lowest BCUT2D eigenvalue weighted by Crippen LogP contribution is -2.15. The summed E-state index contributed by atoms with van der Waals surface area (Å²) in [5.41, 5.74) is 8.03. The minimum absolute atomic E-state index is 0.0829. The molecule has 0 aliphatic carbocycles. The first-order valence-electron chi connectivity index (χ1n) is 5.77. The van der Waals surface area contributed by atoms with Crippen molar-refractivity contribution in [2.75, 3.05) is 0 Å². The Kier molecular flexibility index (Phi) is 4.19. The number of oxime groups is 1. The summed E-state index contributed by atoms with van der Waals surface area (Å²) in [7, 11) is 0. The number of halogens is 1. The highest BCUT2D eigenvalue weighted by molar-refractivity contribution is 9.10. The Labute approximate surface area is 124 Å². The highest BCUT2D eigenvalue weighted by atomic mass is 79.9. The Morgan fingerprint density at radius 1 is 1.35 bits per heavy atom. The summed E-state index contributed by atoms with van der Waals surface area (Å²) in [5, 5.41) is 19.3. The monoisotopic (exact) mass is 336 g/mol. The van der Waals surface area contributed by atoms with Crippen molar-refractivity contribution in [1.29, 1.82) is 0 Å². The molecule has 1 aromatic carbocycles. The van der Waals surface area contributed by atoms with Crippen molar-refractivity contribution >= 4 is 21.8 Å². The van der Waals surface area contributed by atoms with Crippen LogP contribution >= 0.6 is 15.9 Å². The van der Waals surface area contributed by atoms with Gasteiger partial charge in [-0.25, -0.2) is 0 Å². The third kappa shape index (κ3) is 2.88. The van der Waals surface area contributed by atoms with E-state index in [1.807, 2.05) is 26.0 Å². The first-order chi connectivity index (χ1) is 9.52. The summed E-state index contributed by atoms with van der Waals surface area (Å²) in [6.07, 6.45) is 1.44. The van der Waals surface area contributed by atoms with E-state index in [1.54, 1.807) is 6.07 Å². The topological polar surface area (TPSA) is 93.6 Å². The van der Waals surface area contributed by atoms with Crippen LogP contribution in [-0.2, 0) is 0 Å². The Hall–Kier alpha value is -2.15. The van der Waals surface area contributed by atoms with Crippen LogP contribution in [0.2, 0.25) is 0 Å². The van der Waals surface area contributed by atoms with Crippen molar-refractivity contribution in [3.63, 3.8) is 0 Å². The maximum Gasteiger partial charge on any atom is 0.250 e. The zero-order valence-electron chi connectivity index (χ0n) is 11.0. The summed E-state index contributed by atoms with van der Waals surface area (Å²) >= 11 is 3.49. The van der Waals surface area contributed by atoms with Gasteiger partial charge >= 0.3 is 0 Å². The van der Waals surface area contributed by atoms with E-state index in [9.17, 15) is 0 Å². The van der Waals surface area contributed by atoms with E-state index in [0.29, 0.717) is 11.3 Å². The minimum atomic E-state index is -0.0829. The molecule has 0 radical (unpaired) electrons. The molecule has 0 saturated carbocycles. The van der Waals surface area contributed by atoms with Gasteiger partial charge in [0.15, 0.2) is 5.84 Å². The van der Waals surface area contributed by atoms with Gasteiger partial charge in [0, 0.05) is 4.47 Å². The van der Waals surface area contributed by atoms with Gasteiger partial charge in [0.25, 0.3) is 0 Å². The second-order valence-corrected chi connectivity index (χ2v) is 5.00. The van der Waals surface area contributed by atoms with Crippen molar-refractivity contribution in [2.24, 2.45) is 10.9 Å². The normalized spacial score (nSPS) is 11.4. The van der Waals surface area contributed by atoms with E-state index in [4.69, 9.17) is 15.7 Å². The van der Waals surface area contributed by atoms with Crippen LogP contribution in [0.3, 0.4) is 0 Å². The van der Waals surface area contributed by atoms with Crippen LogP contribution in [0.25, 0.3) is 0 Å². The SMILES string of the molecule is Cc1cc(Oc2nnccc2/C(N)=N/O)cc(C)c1Br. The van der Waals surface area contributed by atoms with E-state index in [-0.39, 0.29) is 11.7 Å². The summed E-state index contributed by atoms with van der Waals surface area (Å²) in [6, 6.07) is 5.29. The summed E-state index contributed by atoms with van der Waals surface area (Å²) < 4.78 is 6.71. The van der Waals surface area contributed by atoms with E-state index < -0.39 is 0 Å². The molecule has 0 saturated heterocycles. The van der Waals surface area contributed by atoms with Crippen LogP contribution in [0.4, 0.5) is 0 Å². The molecule has 20 heavy (non-hydrogen) atoms. The average molecular weight is 337 g/mol. The average Bonchev–Trinajstić information content (AvgIpc) is 2.44. The number of hydrogen-bond donors (Lipinski definition) is 2. The number of ether oxygens (including phenoxy) is 1. The molecular formula is C13H13BrN4O2. The number of aromatic nitrogens is 2. The predicted octanol–water partition coefficient (Wildman–Crippen LogP) is 2.74. The molecule has 0 aliphatic heterocycles. The van der Waals surface area contributed by atoms with Crippen LogP contribution in [0.15, 0.2) is 34.0 Å².